The molecule has 1 heterocycles. The van der Waals surface area contributed by atoms with Crippen molar-refractivity contribution in [2.75, 3.05) is 33.9 Å². The van der Waals surface area contributed by atoms with Crippen molar-refractivity contribution >= 4 is 0 Å². The average Bonchev–Trinajstić information content (AvgIpc) is 2.25. The second kappa shape index (κ2) is 5.84. The maximum atomic E-state index is 12.1. The van der Waals surface area contributed by atoms with E-state index in [0.29, 0.717) is 13.2 Å². The quantitative estimate of drug-likeness (QED) is 0.800. The maximum absolute atomic E-state index is 12.1. The van der Waals surface area contributed by atoms with Crippen LogP contribution in [0.15, 0.2) is 0 Å². The first kappa shape index (κ1) is 13.7. The molecular weight excluding hydrogens is 221 g/mol. The molecule has 3 nitrogen and oxygen atoms in total. The monoisotopic (exact) mass is 240 g/mol. The molecule has 0 aromatic carbocycles. The van der Waals surface area contributed by atoms with E-state index in [-0.39, 0.29) is 18.6 Å². The Morgan fingerprint density at radius 3 is 2.69 bits per heavy atom. The Labute approximate surface area is 93.9 Å². The maximum Gasteiger partial charge on any atom is 0.390 e. The van der Waals surface area contributed by atoms with Crippen molar-refractivity contribution < 1.29 is 17.9 Å². The Morgan fingerprint density at radius 2 is 2.12 bits per heavy atom. The third kappa shape index (κ3) is 4.27. The lowest BCUT2D eigenvalue weighted by molar-refractivity contribution is -0.140. The van der Waals surface area contributed by atoms with Gasteiger partial charge in [-0.2, -0.15) is 13.2 Å². The molecule has 0 bridgehead atoms. The Hall–Kier alpha value is -0.330. The van der Waals surface area contributed by atoms with Crippen LogP contribution in [0.25, 0.3) is 0 Å². The first-order chi connectivity index (χ1) is 7.44. The van der Waals surface area contributed by atoms with E-state index >= 15 is 0 Å². The fourth-order valence-electron chi connectivity index (χ4n) is 1.96. The molecule has 0 spiro atoms. The molecule has 1 fully saturated rings. The van der Waals surface area contributed by atoms with Gasteiger partial charge in [-0.25, -0.2) is 0 Å². The summed E-state index contributed by atoms with van der Waals surface area (Å²) in [6.07, 6.45) is -4.01. The second-order valence-corrected chi connectivity index (χ2v) is 4.17. The summed E-state index contributed by atoms with van der Waals surface area (Å²) in [6.45, 7) is 1.20. The van der Waals surface area contributed by atoms with E-state index in [1.165, 1.54) is 0 Å². The van der Waals surface area contributed by atoms with Crippen LogP contribution in [0.1, 0.15) is 12.8 Å². The zero-order chi connectivity index (χ0) is 12.2. The zero-order valence-electron chi connectivity index (χ0n) is 9.68. The summed E-state index contributed by atoms with van der Waals surface area (Å²) in [5.41, 5.74) is 0. The van der Waals surface area contributed by atoms with Crippen LogP contribution in [-0.4, -0.2) is 57.0 Å². The lowest BCUT2D eigenvalue weighted by Gasteiger charge is -2.37. The van der Waals surface area contributed by atoms with E-state index in [0.717, 1.165) is 6.42 Å². The van der Waals surface area contributed by atoms with E-state index < -0.39 is 12.6 Å². The van der Waals surface area contributed by atoms with Gasteiger partial charge in [-0.05, 0) is 20.5 Å². The normalized spacial score (nSPS) is 27.4. The van der Waals surface area contributed by atoms with E-state index in [2.05, 4.69) is 5.32 Å². The number of likely N-dealkylation sites (N-methyl/N-ethyl adjacent to an activating group) is 2. The highest BCUT2D eigenvalue weighted by molar-refractivity contribution is 4.85. The number of ether oxygens (including phenoxy) is 1. The zero-order valence-corrected chi connectivity index (χ0v) is 9.68. The van der Waals surface area contributed by atoms with Gasteiger partial charge in [0.15, 0.2) is 0 Å². The van der Waals surface area contributed by atoms with Crippen molar-refractivity contribution in [1.29, 1.82) is 0 Å². The summed E-state index contributed by atoms with van der Waals surface area (Å²) in [5, 5.41) is 3.13. The number of hydrogen-bond acceptors (Lipinski definition) is 3. The fraction of sp³-hybridized carbons (Fsp3) is 1.00. The molecular formula is C10H19F3N2O. The third-order valence-electron chi connectivity index (χ3n) is 3.01. The first-order valence-corrected chi connectivity index (χ1v) is 5.46. The molecule has 1 saturated heterocycles. The van der Waals surface area contributed by atoms with Gasteiger partial charge in [-0.3, -0.25) is 4.90 Å². The predicted octanol–water partition coefficient (Wildman–Crippen LogP) is 1.25. The number of nitrogens with zero attached hydrogens (tertiary/aromatic N) is 1. The SMILES string of the molecule is CNC1CCOCC1N(C)CCC(F)(F)F. The molecule has 2 unspecified atom stereocenters. The number of alkyl halides is 3. The van der Waals surface area contributed by atoms with Crippen LogP contribution in [0.3, 0.4) is 0 Å². The van der Waals surface area contributed by atoms with Crippen molar-refractivity contribution in [1.82, 2.24) is 10.2 Å². The number of halogens is 3. The van der Waals surface area contributed by atoms with Crippen molar-refractivity contribution in [2.24, 2.45) is 0 Å². The van der Waals surface area contributed by atoms with Gasteiger partial charge in [-0.1, -0.05) is 0 Å². The van der Waals surface area contributed by atoms with Gasteiger partial charge in [0.1, 0.15) is 0 Å². The van der Waals surface area contributed by atoms with Gasteiger partial charge in [0, 0.05) is 25.2 Å². The number of hydrogen-bond donors (Lipinski definition) is 1. The molecule has 1 aliphatic rings. The fourth-order valence-corrected chi connectivity index (χ4v) is 1.96. The summed E-state index contributed by atoms with van der Waals surface area (Å²) >= 11 is 0. The molecule has 6 heteroatoms. The molecule has 0 amide bonds. The average molecular weight is 240 g/mol. The predicted molar refractivity (Wildman–Crippen MR) is 55.4 cm³/mol. The molecule has 0 radical (unpaired) electrons. The number of rotatable bonds is 4. The second-order valence-electron chi connectivity index (χ2n) is 4.17. The first-order valence-electron chi connectivity index (χ1n) is 5.46. The Balaban J connectivity index is 2.41. The van der Waals surface area contributed by atoms with Crippen LogP contribution in [0.5, 0.6) is 0 Å². The molecule has 1 N–H and O–H groups in total. The number of nitrogens with one attached hydrogen (secondary N) is 1. The summed E-state index contributed by atoms with van der Waals surface area (Å²) in [6, 6.07) is 0.244. The summed E-state index contributed by atoms with van der Waals surface area (Å²) in [5.74, 6) is 0. The molecule has 0 aromatic heterocycles. The topological polar surface area (TPSA) is 24.5 Å². The van der Waals surface area contributed by atoms with Gasteiger partial charge in [-0.15, -0.1) is 0 Å². The molecule has 1 aliphatic heterocycles. The van der Waals surface area contributed by atoms with Gasteiger partial charge >= 0.3 is 6.18 Å². The molecule has 0 aromatic rings. The molecule has 16 heavy (non-hydrogen) atoms. The van der Waals surface area contributed by atoms with E-state index in [4.69, 9.17) is 4.74 Å². The molecule has 1 rings (SSSR count). The highest BCUT2D eigenvalue weighted by Gasteiger charge is 2.32. The summed E-state index contributed by atoms with van der Waals surface area (Å²) in [7, 11) is 3.55. The smallest absolute Gasteiger partial charge is 0.380 e. The Morgan fingerprint density at radius 1 is 1.44 bits per heavy atom. The molecule has 0 aliphatic carbocycles. The lowest BCUT2D eigenvalue weighted by Crippen LogP contribution is -2.53. The van der Waals surface area contributed by atoms with Gasteiger partial charge in [0.25, 0.3) is 0 Å². The molecule has 0 saturated carbocycles. The minimum absolute atomic E-state index is 0.0235. The van der Waals surface area contributed by atoms with Crippen LogP contribution >= 0.6 is 0 Å². The van der Waals surface area contributed by atoms with E-state index in [1.54, 1.807) is 11.9 Å². The van der Waals surface area contributed by atoms with Crippen molar-refractivity contribution in [3.63, 3.8) is 0 Å². The van der Waals surface area contributed by atoms with Gasteiger partial charge in [0.2, 0.25) is 0 Å². The highest BCUT2D eigenvalue weighted by atomic mass is 19.4. The van der Waals surface area contributed by atoms with Crippen LogP contribution < -0.4 is 5.32 Å². The molecule has 2 atom stereocenters. The Bertz CT molecular complexity index is 211. The highest BCUT2D eigenvalue weighted by Crippen LogP contribution is 2.21. The minimum atomic E-state index is -4.08. The van der Waals surface area contributed by atoms with E-state index in [1.807, 2.05) is 7.05 Å². The van der Waals surface area contributed by atoms with Crippen LogP contribution in [0, 0.1) is 0 Å². The van der Waals surface area contributed by atoms with E-state index in [9.17, 15) is 13.2 Å². The van der Waals surface area contributed by atoms with Crippen molar-refractivity contribution in [2.45, 2.75) is 31.1 Å². The van der Waals surface area contributed by atoms with Crippen molar-refractivity contribution in [3.8, 4) is 0 Å². The largest absolute Gasteiger partial charge is 0.390 e. The van der Waals surface area contributed by atoms with Crippen LogP contribution in [0.2, 0.25) is 0 Å². The lowest BCUT2D eigenvalue weighted by atomic mass is 10.0. The van der Waals surface area contributed by atoms with Crippen LogP contribution in [-0.2, 0) is 4.74 Å². The van der Waals surface area contributed by atoms with Gasteiger partial charge < -0.3 is 10.1 Å². The summed E-state index contributed by atoms with van der Waals surface area (Å²) < 4.78 is 41.6. The van der Waals surface area contributed by atoms with Crippen LogP contribution in [0.4, 0.5) is 13.2 Å². The summed E-state index contributed by atoms with van der Waals surface area (Å²) in [4.78, 5) is 1.73. The van der Waals surface area contributed by atoms with Crippen molar-refractivity contribution in [3.05, 3.63) is 0 Å². The van der Waals surface area contributed by atoms with Gasteiger partial charge in [0.05, 0.1) is 13.0 Å². The Kier molecular flexibility index (Phi) is 5.01. The molecule has 96 valence electrons. The standard InChI is InChI=1S/C10H19F3N2O/c1-14-8-3-6-16-7-9(8)15(2)5-4-10(11,12)13/h8-9,14H,3-7H2,1-2H3. The third-order valence-corrected chi connectivity index (χ3v) is 3.01. The minimum Gasteiger partial charge on any atom is -0.380 e.